The van der Waals surface area contributed by atoms with Gasteiger partial charge in [-0.15, -0.1) is 24.0 Å². The molecule has 0 saturated carbocycles. The number of aliphatic imine (C=N–C) groups is 1. The first-order valence-corrected chi connectivity index (χ1v) is 8.47. The molecule has 0 atom stereocenters. The molecule has 1 aliphatic rings. The van der Waals surface area contributed by atoms with Gasteiger partial charge in [-0.1, -0.05) is 0 Å². The number of halogens is 1. The average molecular weight is 472 g/mol. The van der Waals surface area contributed by atoms with Gasteiger partial charge in [0.25, 0.3) is 0 Å². The molecule has 0 aliphatic carbocycles. The summed E-state index contributed by atoms with van der Waals surface area (Å²) in [5.74, 6) is 0.825. The lowest BCUT2D eigenvalue weighted by Gasteiger charge is -2.35. The van der Waals surface area contributed by atoms with Crippen LogP contribution < -0.4 is 10.2 Å². The first kappa shape index (κ1) is 20.2. The van der Waals surface area contributed by atoms with Gasteiger partial charge < -0.3 is 15.1 Å². The van der Waals surface area contributed by atoms with E-state index in [0.717, 1.165) is 24.7 Å². The van der Waals surface area contributed by atoms with Crippen molar-refractivity contribution in [3.05, 3.63) is 30.9 Å². The summed E-state index contributed by atoms with van der Waals surface area (Å²) in [7, 11) is 1.85. The second-order valence-corrected chi connectivity index (χ2v) is 5.84. The number of hydrogen-bond acceptors (Lipinski definition) is 4. The van der Waals surface area contributed by atoms with Crippen LogP contribution in [0.3, 0.4) is 0 Å². The van der Waals surface area contributed by atoms with Crippen molar-refractivity contribution in [1.82, 2.24) is 29.8 Å². The van der Waals surface area contributed by atoms with E-state index < -0.39 is 0 Å². The number of aryl methyl sites for hydroxylation is 1. The predicted molar refractivity (Wildman–Crippen MR) is 111 cm³/mol. The van der Waals surface area contributed by atoms with Crippen molar-refractivity contribution in [2.24, 2.45) is 12.0 Å². The van der Waals surface area contributed by atoms with Crippen LogP contribution in [-0.4, -0.2) is 69.1 Å². The summed E-state index contributed by atoms with van der Waals surface area (Å²) in [6, 6.07) is 1.89. The largest absolute Gasteiger partial charge is 0.357 e. The third kappa shape index (κ3) is 4.96. The highest BCUT2D eigenvalue weighted by molar-refractivity contribution is 14.0. The number of amides is 1. The Kier molecular flexibility index (Phi) is 7.42. The van der Waals surface area contributed by atoms with Gasteiger partial charge in [-0.05, 0) is 13.0 Å². The lowest BCUT2D eigenvalue weighted by molar-refractivity contribution is -0.120. The van der Waals surface area contributed by atoms with Gasteiger partial charge in [-0.25, -0.2) is 0 Å². The summed E-state index contributed by atoms with van der Waals surface area (Å²) in [5, 5.41) is 11.6. The average Bonchev–Trinajstić information content (AvgIpc) is 3.26. The number of guanidine groups is 1. The normalized spacial score (nSPS) is 15.2. The molecule has 1 amide bonds. The van der Waals surface area contributed by atoms with Crippen molar-refractivity contribution in [3.8, 4) is 0 Å². The summed E-state index contributed by atoms with van der Waals surface area (Å²) >= 11 is 0. The third-order valence-corrected chi connectivity index (χ3v) is 4.01. The number of nitrogens with one attached hydrogen (secondary N) is 1. The summed E-state index contributed by atoms with van der Waals surface area (Å²) in [5.41, 5.74) is 0.841. The molecule has 3 heterocycles. The molecule has 26 heavy (non-hydrogen) atoms. The summed E-state index contributed by atoms with van der Waals surface area (Å²) in [6.45, 7) is 5.77. The molecule has 10 heteroatoms. The van der Waals surface area contributed by atoms with Gasteiger partial charge in [-0.3, -0.25) is 19.2 Å². The molecule has 3 rings (SSSR count). The maximum absolute atomic E-state index is 12.5. The zero-order valence-corrected chi connectivity index (χ0v) is 17.4. The molecule has 142 valence electrons. The zero-order valence-electron chi connectivity index (χ0n) is 15.1. The Hall–Kier alpha value is -2.11. The van der Waals surface area contributed by atoms with Crippen molar-refractivity contribution in [3.63, 3.8) is 0 Å². The van der Waals surface area contributed by atoms with Crippen LogP contribution in [0.25, 0.3) is 0 Å². The Labute approximate surface area is 170 Å². The SMILES string of the molecule is CCNC(=NCCn1cccn1)N1CCN(c2cnn(C)c2)C(=O)C1.I. The molecule has 1 fully saturated rings. The van der Waals surface area contributed by atoms with E-state index in [4.69, 9.17) is 0 Å². The Bertz CT molecular complexity index is 726. The number of anilines is 1. The highest BCUT2D eigenvalue weighted by Crippen LogP contribution is 2.16. The maximum Gasteiger partial charge on any atom is 0.246 e. The number of carbonyl (C=O) groups is 1. The van der Waals surface area contributed by atoms with E-state index >= 15 is 0 Å². The van der Waals surface area contributed by atoms with Crippen LogP contribution in [0.4, 0.5) is 5.69 Å². The monoisotopic (exact) mass is 472 g/mol. The molecule has 9 nitrogen and oxygen atoms in total. The van der Waals surface area contributed by atoms with Gasteiger partial charge in [0.2, 0.25) is 5.91 Å². The number of aromatic nitrogens is 4. The van der Waals surface area contributed by atoms with E-state index in [2.05, 4.69) is 20.5 Å². The van der Waals surface area contributed by atoms with Gasteiger partial charge in [0.1, 0.15) is 6.54 Å². The standard InChI is InChI=1S/C16H24N8O.HI/c1-3-17-16(18-6-8-23-7-4-5-19-23)22-9-10-24(15(25)13-22)14-11-20-21(2)12-14;/h4-5,7,11-12H,3,6,8-10,13H2,1-2H3,(H,17,18);1H. The molecule has 1 N–H and O–H groups in total. The van der Waals surface area contributed by atoms with Crippen LogP contribution in [0.5, 0.6) is 0 Å². The van der Waals surface area contributed by atoms with Crippen molar-refractivity contribution in [1.29, 1.82) is 0 Å². The fourth-order valence-electron chi connectivity index (χ4n) is 2.79. The molecule has 0 unspecified atom stereocenters. The molecule has 1 aliphatic heterocycles. The van der Waals surface area contributed by atoms with Gasteiger partial charge >= 0.3 is 0 Å². The zero-order chi connectivity index (χ0) is 17.6. The predicted octanol–water partition coefficient (Wildman–Crippen LogP) is 0.549. The van der Waals surface area contributed by atoms with E-state index in [1.54, 1.807) is 22.0 Å². The van der Waals surface area contributed by atoms with Crippen LogP contribution >= 0.6 is 24.0 Å². The van der Waals surface area contributed by atoms with Gasteiger partial charge in [0.15, 0.2) is 5.96 Å². The molecule has 0 bridgehead atoms. The van der Waals surface area contributed by atoms with Crippen molar-refractivity contribution in [2.45, 2.75) is 13.5 Å². The minimum atomic E-state index is 0. The molecule has 2 aromatic heterocycles. The second-order valence-electron chi connectivity index (χ2n) is 5.84. The Balaban J connectivity index is 0.00000243. The van der Waals surface area contributed by atoms with E-state index in [-0.39, 0.29) is 29.9 Å². The fourth-order valence-corrected chi connectivity index (χ4v) is 2.79. The number of carbonyl (C=O) groups excluding carboxylic acids is 1. The molecule has 2 aromatic rings. The quantitative estimate of drug-likeness (QED) is 0.391. The van der Waals surface area contributed by atoms with E-state index in [9.17, 15) is 4.79 Å². The summed E-state index contributed by atoms with van der Waals surface area (Å²) in [6.07, 6.45) is 7.25. The smallest absolute Gasteiger partial charge is 0.246 e. The van der Waals surface area contributed by atoms with Crippen LogP contribution in [0.1, 0.15) is 6.92 Å². The Morgan fingerprint density at radius 3 is 2.81 bits per heavy atom. The molecule has 1 saturated heterocycles. The summed E-state index contributed by atoms with van der Waals surface area (Å²) in [4.78, 5) is 20.9. The van der Waals surface area contributed by atoms with Crippen LogP contribution in [0.2, 0.25) is 0 Å². The lowest BCUT2D eigenvalue weighted by Crippen LogP contribution is -2.55. The Morgan fingerprint density at radius 1 is 1.35 bits per heavy atom. The fraction of sp³-hybridized carbons (Fsp3) is 0.500. The van der Waals surface area contributed by atoms with Gasteiger partial charge in [0.05, 0.1) is 25.0 Å². The highest BCUT2D eigenvalue weighted by atomic mass is 127. The minimum absolute atomic E-state index is 0. The van der Waals surface area contributed by atoms with Crippen LogP contribution in [0.15, 0.2) is 35.8 Å². The molecule has 0 spiro atoms. The number of nitrogens with zero attached hydrogens (tertiary/aromatic N) is 7. The van der Waals surface area contributed by atoms with E-state index in [1.165, 1.54) is 0 Å². The third-order valence-electron chi connectivity index (χ3n) is 4.01. The number of hydrogen-bond donors (Lipinski definition) is 1. The molecule has 0 aromatic carbocycles. The lowest BCUT2D eigenvalue weighted by atomic mass is 10.3. The second kappa shape index (κ2) is 9.55. The van der Waals surface area contributed by atoms with Crippen LogP contribution in [-0.2, 0) is 18.4 Å². The number of piperazine rings is 1. The topological polar surface area (TPSA) is 83.6 Å². The van der Waals surface area contributed by atoms with E-state index in [1.807, 2.05) is 42.0 Å². The first-order chi connectivity index (χ1) is 12.2. The van der Waals surface area contributed by atoms with Crippen LogP contribution in [0, 0.1) is 0 Å². The van der Waals surface area contributed by atoms with Crippen molar-refractivity contribution in [2.75, 3.05) is 37.6 Å². The summed E-state index contributed by atoms with van der Waals surface area (Å²) < 4.78 is 3.55. The maximum atomic E-state index is 12.5. The van der Waals surface area contributed by atoms with Gasteiger partial charge in [0, 0.05) is 45.3 Å². The highest BCUT2D eigenvalue weighted by Gasteiger charge is 2.27. The molecular weight excluding hydrogens is 447 g/mol. The van der Waals surface area contributed by atoms with Crippen molar-refractivity contribution < 1.29 is 4.79 Å². The van der Waals surface area contributed by atoms with E-state index in [0.29, 0.717) is 26.2 Å². The van der Waals surface area contributed by atoms with Gasteiger partial charge in [-0.2, -0.15) is 10.2 Å². The minimum Gasteiger partial charge on any atom is -0.357 e. The first-order valence-electron chi connectivity index (χ1n) is 8.47. The Morgan fingerprint density at radius 2 is 2.19 bits per heavy atom. The van der Waals surface area contributed by atoms with Crippen molar-refractivity contribution >= 4 is 41.5 Å². The molecule has 0 radical (unpaired) electrons. The number of rotatable bonds is 5. The molecular formula is C16H25IN8O.